The number of anilines is 1. The molecule has 0 atom stereocenters. The first-order chi connectivity index (χ1) is 17.8. The van der Waals surface area contributed by atoms with Crippen molar-refractivity contribution in [2.45, 2.75) is 51.2 Å². The monoisotopic (exact) mass is 533 g/mol. The van der Waals surface area contributed by atoms with Crippen LogP contribution in [0, 0.1) is 6.92 Å². The highest BCUT2D eigenvalue weighted by atomic mass is 32.1. The van der Waals surface area contributed by atoms with E-state index in [9.17, 15) is 13.2 Å². The maximum Gasteiger partial charge on any atom is 0.416 e. The summed E-state index contributed by atoms with van der Waals surface area (Å²) in [5.74, 6) is 0.930. The van der Waals surface area contributed by atoms with Gasteiger partial charge in [-0.1, -0.05) is 24.3 Å². The summed E-state index contributed by atoms with van der Waals surface area (Å²) in [7, 11) is 0. The highest BCUT2D eigenvalue weighted by molar-refractivity contribution is 7.22. The Morgan fingerprint density at radius 1 is 1.05 bits per heavy atom. The number of rotatable bonds is 7. The van der Waals surface area contributed by atoms with Crippen molar-refractivity contribution < 1.29 is 22.6 Å². The van der Waals surface area contributed by atoms with Gasteiger partial charge in [-0.05, 0) is 74.1 Å². The molecule has 0 saturated carbocycles. The van der Waals surface area contributed by atoms with Gasteiger partial charge in [-0.25, -0.2) is 4.98 Å². The van der Waals surface area contributed by atoms with E-state index in [1.165, 1.54) is 34.6 Å². The van der Waals surface area contributed by atoms with Gasteiger partial charge in [0, 0.05) is 31.7 Å². The third-order valence-electron chi connectivity index (χ3n) is 7.71. The van der Waals surface area contributed by atoms with E-state index in [0.717, 1.165) is 82.0 Å². The summed E-state index contributed by atoms with van der Waals surface area (Å²) < 4.78 is 51.9. The number of aromatic nitrogens is 1. The number of benzene rings is 2. The number of nitrogens with zero attached hydrogens (tertiary/aromatic N) is 3. The van der Waals surface area contributed by atoms with Gasteiger partial charge >= 0.3 is 6.18 Å². The number of morpholine rings is 1. The minimum Gasteiger partial charge on any atom is -0.494 e. The van der Waals surface area contributed by atoms with Crippen LogP contribution in [0.3, 0.4) is 0 Å². The van der Waals surface area contributed by atoms with Crippen LogP contribution in [0.15, 0.2) is 36.4 Å². The summed E-state index contributed by atoms with van der Waals surface area (Å²) in [6.07, 6.45) is -0.540. The van der Waals surface area contributed by atoms with Crippen LogP contribution >= 0.6 is 11.3 Å². The molecule has 2 aliphatic rings. The molecule has 2 fully saturated rings. The first-order valence-corrected chi connectivity index (χ1v) is 13.9. The molecule has 2 aliphatic heterocycles. The van der Waals surface area contributed by atoms with Crippen LogP contribution in [0.2, 0.25) is 0 Å². The van der Waals surface area contributed by atoms with E-state index < -0.39 is 11.7 Å². The molecule has 3 heterocycles. The Bertz CT molecular complexity index is 1220. The van der Waals surface area contributed by atoms with Crippen molar-refractivity contribution in [3.05, 3.63) is 53.1 Å². The first kappa shape index (κ1) is 26.3. The predicted octanol–water partition coefficient (Wildman–Crippen LogP) is 6.33. The summed E-state index contributed by atoms with van der Waals surface area (Å²) in [6, 6.07) is 10.2. The minimum atomic E-state index is -4.35. The number of fused-ring (bicyclic) bond motifs is 1. The van der Waals surface area contributed by atoms with E-state index in [4.69, 9.17) is 9.47 Å². The smallest absolute Gasteiger partial charge is 0.416 e. The normalized spacial score (nSPS) is 18.9. The fourth-order valence-corrected chi connectivity index (χ4v) is 6.63. The number of aryl methyl sites for hydroxylation is 2. The molecule has 5 nitrogen and oxygen atoms in total. The SMILES string of the molecule is CCc1cc(C)cc(OCCC2(N3CCOCC3)CCN(c3nc4ccc(C(F)(F)F)cc4s3)CC2)c1. The Labute approximate surface area is 220 Å². The Morgan fingerprint density at radius 2 is 1.81 bits per heavy atom. The second-order valence-electron chi connectivity index (χ2n) is 10.1. The van der Waals surface area contributed by atoms with Crippen molar-refractivity contribution in [1.82, 2.24) is 9.88 Å². The molecule has 9 heteroatoms. The zero-order valence-electron chi connectivity index (χ0n) is 21.4. The van der Waals surface area contributed by atoms with Crippen molar-refractivity contribution in [1.29, 1.82) is 0 Å². The van der Waals surface area contributed by atoms with Crippen LogP contribution in [-0.4, -0.2) is 61.4 Å². The molecule has 0 amide bonds. The maximum absolute atomic E-state index is 13.2. The first-order valence-electron chi connectivity index (χ1n) is 13.0. The largest absolute Gasteiger partial charge is 0.494 e. The molecule has 0 bridgehead atoms. The van der Waals surface area contributed by atoms with Gasteiger partial charge < -0.3 is 14.4 Å². The van der Waals surface area contributed by atoms with Gasteiger partial charge in [-0.3, -0.25) is 4.90 Å². The second-order valence-corrected chi connectivity index (χ2v) is 11.1. The summed E-state index contributed by atoms with van der Waals surface area (Å²) in [5, 5.41) is 0.799. The van der Waals surface area contributed by atoms with Crippen LogP contribution in [0.4, 0.5) is 18.3 Å². The summed E-state index contributed by atoms with van der Waals surface area (Å²) >= 11 is 1.35. The van der Waals surface area contributed by atoms with Gasteiger partial charge in [0.25, 0.3) is 0 Å². The predicted molar refractivity (Wildman–Crippen MR) is 142 cm³/mol. The Balaban J connectivity index is 1.28. The van der Waals surface area contributed by atoms with Gasteiger partial charge in [0.2, 0.25) is 0 Å². The van der Waals surface area contributed by atoms with Crippen molar-refractivity contribution >= 4 is 26.7 Å². The third kappa shape index (κ3) is 5.89. The zero-order valence-corrected chi connectivity index (χ0v) is 22.3. The molecule has 0 unspecified atom stereocenters. The molecular formula is C28H34F3N3O2S. The number of ether oxygens (including phenoxy) is 2. The number of hydrogen-bond donors (Lipinski definition) is 0. The molecule has 0 N–H and O–H groups in total. The summed E-state index contributed by atoms with van der Waals surface area (Å²) in [5.41, 5.74) is 2.50. The van der Waals surface area contributed by atoms with Crippen LogP contribution in [0.1, 0.15) is 42.9 Å². The molecule has 200 valence electrons. The van der Waals surface area contributed by atoms with Crippen molar-refractivity contribution in [2.75, 3.05) is 50.9 Å². The fourth-order valence-electron chi connectivity index (χ4n) is 5.57. The molecule has 0 aliphatic carbocycles. The lowest BCUT2D eigenvalue weighted by atomic mass is 9.82. The quantitative estimate of drug-likeness (QED) is 0.355. The number of thiazole rings is 1. The molecule has 37 heavy (non-hydrogen) atoms. The number of piperidine rings is 1. The summed E-state index contributed by atoms with van der Waals surface area (Å²) in [4.78, 5) is 9.46. The standard InChI is InChI=1S/C28H34F3N3O2S/c1-3-21-16-20(2)17-23(18-21)36-13-8-27(34-11-14-35-15-12-34)6-9-33(10-7-27)26-32-24-5-4-22(28(29,30)31)19-25(24)37-26/h4-5,16-19H,3,6-15H2,1-2H3. The second kappa shape index (κ2) is 10.8. The fraction of sp³-hybridized carbons (Fsp3) is 0.536. The molecule has 2 aromatic carbocycles. The van der Waals surface area contributed by atoms with Crippen LogP contribution in [0.25, 0.3) is 10.2 Å². The van der Waals surface area contributed by atoms with E-state index in [1.807, 2.05) is 0 Å². The lowest BCUT2D eigenvalue weighted by molar-refractivity contribution is -0.137. The topological polar surface area (TPSA) is 37.8 Å². The molecule has 3 aromatic rings. The van der Waals surface area contributed by atoms with E-state index in [-0.39, 0.29) is 5.54 Å². The lowest BCUT2D eigenvalue weighted by Gasteiger charge is -2.50. The van der Waals surface area contributed by atoms with Crippen molar-refractivity contribution in [2.24, 2.45) is 0 Å². The molecule has 1 aromatic heterocycles. The number of hydrogen-bond acceptors (Lipinski definition) is 6. The third-order valence-corrected chi connectivity index (χ3v) is 8.79. The number of halogens is 3. The van der Waals surface area contributed by atoms with Crippen LogP contribution in [-0.2, 0) is 17.3 Å². The molecular weight excluding hydrogens is 499 g/mol. The Kier molecular flexibility index (Phi) is 7.65. The average Bonchev–Trinajstić information content (AvgIpc) is 3.32. The maximum atomic E-state index is 13.2. The zero-order chi connectivity index (χ0) is 26.0. The van der Waals surface area contributed by atoms with Gasteiger partial charge in [0.05, 0.1) is 35.6 Å². The van der Waals surface area contributed by atoms with Gasteiger partial charge in [-0.15, -0.1) is 0 Å². The lowest BCUT2D eigenvalue weighted by Crippen LogP contribution is -2.59. The van der Waals surface area contributed by atoms with Crippen LogP contribution < -0.4 is 9.64 Å². The van der Waals surface area contributed by atoms with Gasteiger partial charge in [-0.2, -0.15) is 13.2 Å². The summed E-state index contributed by atoms with van der Waals surface area (Å²) in [6.45, 7) is 9.82. The molecule has 5 rings (SSSR count). The van der Waals surface area contributed by atoms with E-state index in [0.29, 0.717) is 16.8 Å². The Hall–Kier alpha value is -2.36. The number of alkyl halides is 3. The van der Waals surface area contributed by atoms with Crippen molar-refractivity contribution in [3.63, 3.8) is 0 Å². The van der Waals surface area contributed by atoms with E-state index >= 15 is 0 Å². The van der Waals surface area contributed by atoms with Gasteiger partial charge in [0.1, 0.15) is 5.75 Å². The van der Waals surface area contributed by atoms with Crippen LogP contribution in [0.5, 0.6) is 5.75 Å². The molecule has 0 radical (unpaired) electrons. The van der Waals surface area contributed by atoms with E-state index in [2.05, 4.69) is 46.8 Å². The highest BCUT2D eigenvalue weighted by Crippen LogP contribution is 2.39. The average molecular weight is 534 g/mol. The molecule has 0 spiro atoms. The Morgan fingerprint density at radius 3 is 2.51 bits per heavy atom. The van der Waals surface area contributed by atoms with Gasteiger partial charge in [0.15, 0.2) is 5.13 Å². The van der Waals surface area contributed by atoms with E-state index in [1.54, 1.807) is 0 Å². The minimum absolute atomic E-state index is 0.0117. The molecule has 2 saturated heterocycles. The van der Waals surface area contributed by atoms with Crippen molar-refractivity contribution in [3.8, 4) is 5.75 Å². The highest BCUT2D eigenvalue weighted by Gasteiger charge is 2.41.